The maximum absolute atomic E-state index is 12.2. The standard InChI is InChI=1S/C29H24NO.C16H31NO.Ir/c1-16-13-17(2)25-18(3)15-22(30-23(25)14-16)19-10-8-11-21-26(19)29(4,5)27-20-9-6-7-12-24(20)31-28(21)27;1-7-13(8-2)15(17-12(5)6)11-16(18)14(9-3)10-4;/h6-9,11-15H,1-5H3;11-14H,7-10H2,1-6H3,(H,17,18);/q-1;;/p-1. The van der Waals surface area contributed by atoms with Gasteiger partial charge in [0.15, 0.2) is 5.78 Å². The van der Waals surface area contributed by atoms with Gasteiger partial charge >= 0.3 is 0 Å². The maximum atomic E-state index is 12.2. The maximum Gasteiger partial charge on any atom is 0.157 e. The van der Waals surface area contributed by atoms with E-state index in [1.807, 2.05) is 18.2 Å². The molecule has 1 aliphatic rings. The number of rotatable bonds is 10. The van der Waals surface area contributed by atoms with Gasteiger partial charge in [0.1, 0.15) is 11.3 Å². The number of hydrogen-bond acceptors (Lipinski definition) is 3. The van der Waals surface area contributed by atoms with Crippen LogP contribution in [-0.2, 0) is 30.3 Å². The van der Waals surface area contributed by atoms with E-state index in [9.17, 15) is 4.79 Å². The molecule has 2 heterocycles. The Morgan fingerprint density at radius 1 is 0.900 bits per heavy atom. The Balaban J connectivity index is 0.000000257. The van der Waals surface area contributed by atoms with Crippen LogP contribution in [0.25, 0.3) is 49.8 Å². The molecule has 3 aromatic carbocycles. The minimum absolute atomic E-state index is 0. The first-order valence-corrected chi connectivity index (χ1v) is 18.3. The number of carbonyl (C=O) groups is 1. The van der Waals surface area contributed by atoms with Crippen molar-refractivity contribution in [1.29, 1.82) is 0 Å². The van der Waals surface area contributed by atoms with Crippen LogP contribution in [-0.4, -0.2) is 16.8 Å². The molecule has 50 heavy (non-hydrogen) atoms. The summed E-state index contributed by atoms with van der Waals surface area (Å²) in [5, 5.41) is 7.09. The average molecular weight is 847 g/mol. The molecule has 0 aliphatic heterocycles. The van der Waals surface area contributed by atoms with E-state index in [0.717, 1.165) is 65.1 Å². The zero-order valence-electron chi connectivity index (χ0n) is 31.9. The van der Waals surface area contributed by atoms with E-state index < -0.39 is 0 Å². The van der Waals surface area contributed by atoms with Crippen LogP contribution >= 0.6 is 0 Å². The summed E-state index contributed by atoms with van der Waals surface area (Å²) in [5.41, 5.74) is 12.3. The second-order valence-electron chi connectivity index (χ2n) is 14.6. The molecule has 2 aromatic heterocycles. The number of aryl methyl sites for hydroxylation is 3. The molecular formula is C45H54IrN2O2-2. The number of carbonyl (C=O) groups excluding carboxylic acids is 1. The van der Waals surface area contributed by atoms with Crippen molar-refractivity contribution in [1.82, 2.24) is 4.98 Å². The zero-order valence-corrected chi connectivity index (χ0v) is 34.3. The third-order valence-corrected chi connectivity index (χ3v) is 10.3. The number of benzene rings is 3. The predicted octanol–water partition coefficient (Wildman–Crippen LogP) is 12.8. The van der Waals surface area contributed by atoms with Crippen LogP contribution in [0.5, 0.6) is 0 Å². The van der Waals surface area contributed by atoms with Gasteiger partial charge in [-0.15, -0.1) is 35.4 Å². The minimum Gasteiger partial charge on any atom is -0.685 e. The van der Waals surface area contributed by atoms with E-state index in [0.29, 0.717) is 5.92 Å². The summed E-state index contributed by atoms with van der Waals surface area (Å²) in [4.78, 5) is 17.3. The summed E-state index contributed by atoms with van der Waals surface area (Å²) < 4.78 is 6.35. The van der Waals surface area contributed by atoms with Gasteiger partial charge in [0, 0.05) is 42.4 Å². The van der Waals surface area contributed by atoms with E-state index in [1.54, 1.807) is 0 Å². The molecule has 0 unspecified atom stereocenters. The molecule has 0 spiro atoms. The summed E-state index contributed by atoms with van der Waals surface area (Å²) in [6.07, 6.45) is 5.76. The zero-order chi connectivity index (χ0) is 35.6. The molecule has 0 amide bonds. The smallest absolute Gasteiger partial charge is 0.157 e. The third-order valence-electron chi connectivity index (χ3n) is 10.3. The first-order valence-electron chi connectivity index (χ1n) is 18.3. The Morgan fingerprint density at radius 3 is 2.18 bits per heavy atom. The van der Waals surface area contributed by atoms with E-state index in [2.05, 4.69) is 130 Å². The van der Waals surface area contributed by atoms with Gasteiger partial charge in [0.05, 0.1) is 5.52 Å². The van der Waals surface area contributed by atoms with Crippen molar-refractivity contribution in [2.45, 2.75) is 113 Å². The van der Waals surface area contributed by atoms with E-state index in [-0.39, 0.29) is 43.3 Å². The molecule has 0 atom stereocenters. The van der Waals surface area contributed by atoms with Crippen molar-refractivity contribution >= 4 is 27.7 Å². The van der Waals surface area contributed by atoms with Crippen molar-refractivity contribution in [2.75, 3.05) is 0 Å². The fourth-order valence-corrected chi connectivity index (χ4v) is 7.85. The summed E-state index contributed by atoms with van der Waals surface area (Å²) in [6, 6.07) is 22.9. The normalized spacial score (nSPS) is 13.4. The molecular weight excluding hydrogens is 793 g/mol. The van der Waals surface area contributed by atoms with Crippen LogP contribution in [0.3, 0.4) is 0 Å². The molecule has 1 aliphatic carbocycles. The second-order valence-corrected chi connectivity index (χ2v) is 14.6. The molecule has 4 nitrogen and oxygen atoms in total. The minimum atomic E-state index is -0.197. The number of para-hydroxylation sites is 1. The topological polar surface area (TPSA) is 57.2 Å². The van der Waals surface area contributed by atoms with Crippen LogP contribution < -0.4 is 0 Å². The molecule has 0 fully saturated rings. The fraction of sp³-hybridized carbons (Fsp3) is 0.422. The third kappa shape index (κ3) is 7.55. The largest absolute Gasteiger partial charge is 0.685 e. The van der Waals surface area contributed by atoms with Gasteiger partial charge in [-0.3, -0.25) is 9.78 Å². The molecule has 5 heteroatoms. The molecule has 0 saturated carbocycles. The van der Waals surface area contributed by atoms with Crippen LogP contribution in [0, 0.1) is 38.7 Å². The fourth-order valence-electron chi connectivity index (χ4n) is 7.85. The van der Waals surface area contributed by atoms with Gasteiger partial charge in [-0.25, -0.2) is 0 Å². The van der Waals surface area contributed by atoms with Crippen molar-refractivity contribution in [2.24, 2.45) is 11.8 Å². The van der Waals surface area contributed by atoms with E-state index in [1.165, 1.54) is 38.6 Å². The van der Waals surface area contributed by atoms with Crippen molar-refractivity contribution in [3.63, 3.8) is 0 Å². The summed E-state index contributed by atoms with van der Waals surface area (Å²) in [5.74, 6) is 1.83. The number of hydrogen-bond donors (Lipinski definition) is 0. The van der Waals surface area contributed by atoms with Crippen LogP contribution in [0.4, 0.5) is 0 Å². The first kappa shape index (κ1) is 39.3. The average Bonchev–Trinajstić information content (AvgIpc) is 3.55. The number of aromatic nitrogens is 1. The molecule has 0 bridgehead atoms. The Kier molecular flexibility index (Phi) is 12.7. The Labute approximate surface area is 313 Å². The Bertz CT molecular complexity index is 2010. The number of allylic oxidation sites excluding steroid dienone is 2. The van der Waals surface area contributed by atoms with Crippen LogP contribution in [0.15, 0.2) is 70.8 Å². The monoisotopic (exact) mass is 847 g/mol. The van der Waals surface area contributed by atoms with E-state index in [4.69, 9.17) is 9.40 Å². The van der Waals surface area contributed by atoms with Gasteiger partial charge in [-0.1, -0.05) is 104 Å². The Morgan fingerprint density at radius 2 is 1.54 bits per heavy atom. The van der Waals surface area contributed by atoms with Gasteiger partial charge in [-0.05, 0) is 85.5 Å². The number of furan rings is 1. The number of fused-ring (bicyclic) bond motifs is 6. The number of pyridine rings is 1. The van der Waals surface area contributed by atoms with Crippen molar-refractivity contribution in [3.8, 4) is 22.6 Å². The van der Waals surface area contributed by atoms with Gasteiger partial charge in [-0.2, -0.15) is 5.70 Å². The molecule has 0 saturated heterocycles. The second kappa shape index (κ2) is 16.2. The summed E-state index contributed by atoms with van der Waals surface area (Å²) in [6.45, 7) is 23.7. The van der Waals surface area contributed by atoms with Gasteiger partial charge in [0.25, 0.3) is 0 Å². The molecule has 0 N–H and O–H groups in total. The molecule has 5 aromatic rings. The quantitative estimate of drug-likeness (QED) is 0.104. The molecule has 1 radical (unpaired) electrons. The van der Waals surface area contributed by atoms with Gasteiger partial charge < -0.3 is 9.73 Å². The van der Waals surface area contributed by atoms with Crippen molar-refractivity contribution < 1.29 is 29.3 Å². The molecule has 6 rings (SSSR count). The van der Waals surface area contributed by atoms with Gasteiger partial charge in [0.2, 0.25) is 0 Å². The summed E-state index contributed by atoms with van der Waals surface area (Å²) in [7, 11) is 0. The van der Waals surface area contributed by atoms with Crippen molar-refractivity contribution in [3.05, 3.63) is 106 Å². The predicted molar refractivity (Wildman–Crippen MR) is 207 cm³/mol. The first-order chi connectivity index (χ1) is 23.4. The summed E-state index contributed by atoms with van der Waals surface area (Å²) >= 11 is 0. The number of ketones is 1. The number of nitrogens with zero attached hydrogens (tertiary/aromatic N) is 2. The van der Waals surface area contributed by atoms with Crippen LogP contribution in [0.2, 0.25) is 0 Å². The Hall–Kier alpha value is -3.53. The SMILES string of the molecule is CCC(CC)C(=O)/C=C(\[N-]C(C)C)C(CC)CC.Cc1cc(C)c2c(C)cc(-c3[c-]ccc4c3C(C)(C)c3c-4oc4ccccc34)nc2c1.[Ir]. The van der Waals surface area contributed by atoms with Crippen LogP contribution in [0.1, 0.15) is 109 Å². The molecule has 267 valence electrons. The van der Waals surface area contributed by atoms with E-state index >= 15 is 0 Å².